The summed E-state index contributed by atoms with van der Waals surface area (Å²) >= 11 is 0. The number of hydrogen-bond acceptors (Lipinski definition) is 6. The summed E-state index contributed by atoms with van der Waals surface area (Å²) in [5, 5.41) is 1.11. The Morgan fingerprint density at radius 3 is 2.81 bits per heavy atom. The number of H-pyrrole nitrogens is 1. The zero-order valence-corrected chi connectivity index (χ0v) is 17.6. The van der Waals surface area contributed by atoms with Crippen LogP contribution in [0, 0.1) is 0 Å². The Hall–Kier alpha value is -3.29. The van der Waals surface area contributed by atoms with Crippen LogP contribution in [0.4, 0.5) is 5.82 Å². The normalized spacial score (nSPS) is 16.4. The molecule has 1 aliphatic heterocycles. The fourth-order valence-electron chi connectivity index (χ4n) is 4.11. The molecule has 1 aromatic carbocycles. The van der Waals surface area contributed by atoms with Gasteiger partial charge in [-0.05, 0) is 30.7 Å². The lowest BCUT2D eigenvalue weighted by atomic mass is 9.89. The highest BCUT2D eigenvalue weighted by Crippen LogP contribution is 2.29. The first-order valence-corrected chi connectivity index (χ1v) is 10.6. The first-order valence-electron chi connectivity index (χ1n) is 10.6. The smallest absolute Gasteiger partial charge is 0.162 e. The highest BCUT2D eigenvalue weighted by atomic mass is 16.5. The van der Waals surface area contributed by atoms with Crippen LogP contribution in [-0.4, -0.2) is 46.2 Å². The zero-order chi connectivity index (χ0) is 21.3. The van der Waals surface area contributed by atoms with E-state index in [4.69, 9.17) is 20.4 Å². The third-order valence-electron chi connectivity index (χ3n) is 5.81. The number of anilines is 1. The molecule has 5 rings (SSSR count). The van der Waals surface area contributed by atoms with E-state index in [0.29, 0.717) is 25.5 Å². The minimum absolute atomic E-state index is 0.578. The molecule has 1 saturated heterocycles. The van der Waals surface area contributed by atoms with Crippen LogP contribution in [0.2, 0.25) is 0 Å². The summed E-state index contributed by atoms with van der Waals surface area (Å²) in [6.07, 6.45) is 6.11. The predicted octanol–water partition coefficient (Wildman–Crippen LogP) is 3.27. The summed E-state index contributed by atoms with van der Waals surface area (Å²) in [5.41, 5.74) is 10.1. The van der Waals surface area contributed by atoms with Gasteiger partial charge in [0.05, 0.1) is 13.2 Å². The average Bonchev–Trinajstić information content (AvgIpc) is 3.29. The van der Waals surface area contributed by atoms with Gasteiger partial charge in [0.15, 0.2) is 5.82 Å². The van der Waals surface area contributed by atoms with Crippen molar-refractivity contribution in [3.8, 4) is 11.4 Å². The number of morpholine rings is 1. The van der Waals surface area contributed by atoms with Gasteiger partial charge in [-0.15, -0.1) is 0 Å². The van der Waals surface area contributed by atoms with Gasteiger partial charge in [0, 0.05) is 71.9 Å². The molecule has 3 N–H and O–H groups in total. The summed E-state index contributed by atoms with van der Waals surface area (Å²) < 4.78 is 5.54. The van der Waals surface area contributed by atoms with Crippen molar-refractivity contribution >= 4 is 16.7 Å². The van der Waals surface area contributed by atoms with Gasteiger partial charge in [0.2, 0.25) is 0 Å². The van der Waals surface area contributed by atoms with Gasteiger partial charge >= 0.3 is 0 Å². The first-order chi connectivity index (χ1) is 15.1. The second kappa shape index (κ2) is 8.09. The van der Waals surface area contributed by atoms with Gasteiger partial charge in [-0.1, -0.05) is 18.2 Å². The second-order valence-electron chi connectivity index (χ2n) is 8.22. The van der Waals surface area contributed by atoms with Crippen LogP contribution in [0.3, 0.4) is 0 Å². The largest absolute Gasteiger partial charge is 0.378 e. The maximum absolute atomic E-state index is 6.72. The predicted molar refractivity (Wildman–Crippen MR) is 122 cm³/mol. The number of benzene rings is 1. The summed E-state index contributed by atoms with van der Waals surface area (Å²) in [4.78, 5) is 19.7. The highest BCUT2D eigenvalue weighted by molar-refractivity contribution is 5.93. The minimum atomic E-state index is -0.595. The molecule has 0 amide bonds. The number of ether oxygens (including phenoxy) is 1. The van der Waals surface area contributed by atoms with Crippen LogP contribution < -0.4 is 10.6 Å². The number of nitrogens with zero attached hydrogens (tertiary/aromatic N) is 4. The van der Waals surface area contributed by atoms with Gasteiger partial charge in [-0.25, -0.2) is 9.97 Å². The molecule has 1 aliphatic rings. The number of nitrogens with one attached hydrogen (secondary N) is 1. The molecule has 3 aromatic heterocycles. The standard InChI is InChI=1S/C24H26N6O/c1-24(25,17-4-3-8-26-16-17)15-18-14-22(30-10-12-31-13-11-30)29-23(28-18)20-5-2-6-21-19(20)7-9-27-21/h2-9,14,16,27H,10-13,15,25H2,1H3. The topological polar surface area (TPSA) is 92.9 Å². The van der Waals surface area contributed by atoms with E-state index >= 15 is 0 Å². The van der Waals surface area contributed by atoms with E-state index in [2.05, 4.69) is 39.1 Å². The number of rotatable bonds is 5. The van der Waals surface area contributed by atoms with Gasteiger partial charge in [0.25, 0.3) is 0 Å². The molecule has 7 heteroatoms. The SMILES string of the molecule is CC(N)(Cc1cc(N2CCOCC2)nc(-c2cccc3[nH]ccc23)n1)c1cccnc1. The molecular formula is C24H26N6O. The number of aromatic amines is 1. The molecule has 0 saturated carbocycles. The summed E-state index contributed by atoms with van der Waals surface area (Å²) in [6, 6.07) is 14.2. The summed E-state index contributed by atoms with van der Waals surface area (Å²) in [7, 11) is 0. The molecule has 0 radical (unpaired) electrons. The van der Waals surface area contributed by atoms with Gasteiger partial charge in [-0.2, -0.15) is 0 Å². The van der Waals surface area contributed by atoms with E-state index in [-0.39, 0.29) is 0 Å². The fourth-order valence-corrected chi connectivity index (χ4v) is 4.11. The third-order valence-corrected chi connectivity index (χ3v) is 5.81. The van der Waals surface area contributed by atoms with Crippen molar-refractivity contribution in [2.24, 2.45) is 5.73 Å². The first kappa shape index (κ1) is 19.7. The van der Waals surface area contributed by atoms with Crippen molar-refractivity contribution in [1.82, 2.24) is 19.9 Å². The molecule has 1 unspecified atom stereocenters. The quantitative estimate of drug-likeness (QED) is 0.521. The van der Waals surface area contributed by atoms with E-state index in [1.165, 1.54) is 0 Å². The lowest BCUT2D eigenvalue weighted by molar-refractivity contribution is 0.122. The van der Waals surface area contributed by atoms with Crippen molar-refractivity contribution in [3.63, 3.8) is 0 Å². The molecule has 7 nitrogen and oxygen atoms in total. The van der Waals surface area contributed by atoms with Crippen molar-refractivity contribution < 1.29 is 4.74 Å². The van der Waals surface area contributed by atoms with Gasteiger partial charge in [-0.3, -0.25) is 4.98 Å². The number of aromatic nitrogens is 4. The van der Waals surface area contributed by atoms with Crippen molar-refractivity contribution in [2.75, 3.05) is 31.2 Å². The van der Waals surface area contributed by atoms with E-state index in [1.807, 2.05) is 37.5 Å². The Balaban J connectivity index is 1.59. The van der Waals surface area contributed by atoms with E-state index in [0.717, 1.165) is 46.6 Å². The number of nitrogens with two attached hydrogens (primary N) is 1. The lowest BCUT2D eigenvalue weighted by Crippen LogP contribution is -2.38. The minimum Gasteiger partial charge on any atom is -0.378 e. The van der Waals surface area contributed by atoms with Crippen LogP contribution in [0.1, 0.15) is 18.2 Å². The van der Waals surface area contributed by atoms with Crippen molar-refractivity contribution in [1.29, 1.82) is 0 Å². The van der Waals surface area contributed by atoms with Crippen LogP contribution in [0.25, 0.3) is 22.3 Å². The molecule has 0 spiro atoms. The second-order valence-corrected chi connectivity index (χ2v) is 8.22. The zero-order valence-electron chi connectivity index (χ0n) is 17.6. The molecule has 4 aromatic rings. The Kier molecular flexibility index (Phi) is 5.13. The monoisotopic (exact) mass is 414 g/mol. The molecule has 0 aliphatic carbocycles. The third kappa shape index (κ3) is 4.02. The average molecular weight is 415 g/mol. The summed E-state index contributed by atoms with van der Waals surface area (Å²) in [5.74, 6) is 1.63. The van der Waals surface area contributed by atoms with Crippen molar-refractivity contribution in [2.45, 2.75) is 18.9 Å². The van der Waals surface area contributed by atoms with E-state index in [9.17, 15) is 0 Å². The number of hydrogen-bond donors (Lipinski definition) is 2. The molecule has 158 valence electrons. The maximum Gasteiger partial charge on any atom is 0.162 e. The van der Waals surface area contributed by atoms with E-state index in [1.54, 1.807) is 6.20 Å². The molecule has 1 fully saturated rings. The Bertz CT molecular complexity index is 1180. The molecule has 31 heavy (non-hydrogen) atoms. The fraction of sp³-hybridized carbons (Fsp3) is 0.292. The van der Waals surface area contributed by atoms with Crippen LogP contribution in [-0.2, 0) is 16.7 Å². The van der Waals surface area contributed by atoms with E-state index < -0.39 is 5.54 Å². The molecule has 1 atom stereocenters. The highest BCUT2D eigenvalue weighted by Gasteiger charge is 2.25. The number of fused-ring (bicyclic) bond motifs is 1. The van der Waals surface area contributed by atoms with Crippen molar-refractivity contribution in [3.05, 3.63) is 72.3 Å². The lowest BCUT2D eigenvalue weighted by Gasteiger charge is -2.29. The molecular weight excluding hydrogens is 388 g/mol. The Morgan fingerprint density at radius 2 is 2.00 bits per heavy atom. The van der Waals surface area contributed by atoms with Crippen LogP contribution in [0.15, 0.2) is 61.1 Å². The van der Waals surface area contributed by atoms with Gasteiger partial charge in [0.1, 0.15) is 5.82 Å². The Labute approximate surface area is 181 Å². The van der Waals surface area contributed by atoms with Crippen LogP contribution in [0.5, 0.6) is 0 Å². The molecule has 0 bridgehead atoms. The maximum atomic E-state index is 6.72. The molecule has 4 heterocycles. The van der Waals surface area contributed by atoms with Gasteiger partial charge < -0.3 is 20.4 Å². The summed E-state index contributed by atoms with van der Waals surface area (Å²) in [6.45, 7) is 5.05. The van der Waals surface area contributed by atoms with Crippen LogP contribution >= 0.6 is 0 Å². The number of pyridine rings is 1. The Morgan fingerprint density at radius 1 is 1.13 bits per heavy atom.